The molecule has 10 heteroatoms. The second-order valence-corrected chi connectivity index (χ2v) is 9.04. The van der Waals surface area contributed by atoms with E-state index >= 15 is 0 Å². The molecule has 27 heavy (non-hydrogen) atoms. The van der Waals surface area contributed by atoms with Gasteiger partial charge in [-0.15, -0.1) is 11.3 Å². The summed E-state index contributed by atoms with van der Waals surface area (Å²) in [6.07, 6.45) is 0.381. The molecule has 2 rings (SSSR count). The highest BCUT2D eigenvalue weighted by Gasteiger charge is 2.26. The molecule has 1 unspecified atom stereocenters. The second-order valence-electron chi connectivity index (χ2n) is 7.00. The van der Waals surface area contributed by atoms with Crippen molar-refractivity contribution in [1.82, 2.24) is 10.3 Å². The van der Waals surface area contributed by atoms with Crippen LogP contribution in [0.25, 0.3) is 0 Å². The van der Waals surface area contributed by atoms with E-state index in [9.17, 15) is 18.3 Å². The molecule has 0 saturated carbocycles. The van der Waals surface area contributed by atoms with Gasteiger partial charge in [-0.1, -0.05) is 26.8 Å². The third-order valence-electron chi connectivity index (χ3n) is 3.56. The number of aromatic nitrogens is 1. The van der Waals surface area contributed by atoms with E-state index in [2.05, 4.69) is 16.4 Å². The Kier molecular flexibility index (Phi) is 6.58. The number of hydrogen-bond donors (Lipinski definition) is 4. The highest BCUT2D eigenvalue weighted by Crippen LogP contribution is 2.25. The molecule has 1 heterocycles. The highest BCUT2D eigenvalue weighted by molar-refractivity contribution is 7.87. The van der Waals surface area contributed by atoms with E-state index in [-0.39, 0.29) is 18.2 Å². The molecule has 0 aliphatic carbocycles. The van der Waals surface area contributed by atoms with E-state index in [1.165, 1.54) is 23.5 Å². The predicted molar refractivity (Wildman–Crippen MR) is 103 cm³/mol. The smallest absolute Gasteiger partial charge is 0.357 e. The molecule has 0 aliphatic rings. The van der Waals surface area contributed by atoms with E-state index in [4.69, 9.17) is 4.55 Å². The van der Waals surface area contributed by atoms with Crippen molar-refractivity contribution < 1.29 is 22.9 Å². The molecule has 0 fully saturated rings. The zero-order valence-corrected chi connectivity index (χ0v) is 16.8. The third kappa shape index (κ3) is 6.58. The van der Waals surface area contributed by atoms with Crippen LogP contribution in [0.3, 0.4) is 0 Å². The molecule has 4 N–H and O–H groups in total. The van der Waals surface area contributed by atoms with E-state index in [1.54, 1.807) is 11.4 Å². The molecule has 2 aromatic rings. The van der Waals surface area contributed by atoms with Gasteiger partial charge in [0.15, 0.2) is 0 Å². The maximum atomic E-state index is 12.4. The minimum atomic E-state index is -4.35. The number of amides is 1. The van der Waals surface area contributed by atoms with Crippen LogP contribution in [0.4, 0.5) is 5.69 Å². The molecule has 147 valence electrons. The summed E-state index contributed by atoms with van der Waals surface area (Å²) in [7, 11) is -4.35. The summed E-state index contributed by atoms with van der Waals surface area (Å²) in [6, 6.07) is 7.04. The molecule has 1 aromatic heterocycles. The fourth-order valence-electron chi connectivity index (χ4n) is 2.15. The van der Waals surface area contributed by atoms with Crippen LogP contribution in [-0.4, -0.2) is 29.0 Å². The average Bonchev–Trinajstić information content (AvgIpc) is 3.02. The summed E-state index contributed by atoms with van der Waals surface area (Å²) >= 11 is 1.34. The number of thiazole rings is 1. The Morgan fingerprint density at radius 2 is 2.07 bits per heavy atom. The molecule has 1 radical (unpaired) electrons. The number of rotatable bonds is 7. The number of benzene rings is 1. The monoisotopic (exact) mass is 412 g/mol. The van der Waals surface area contributed by atoms with Gasteiger partial charge in [0.1, 0.15) is 5.01 Å². The fraction of sp³-hybridized carbons (Fsp3) is 0.412. The summed E-state index contributed by atoms with van der Waals surface area (Å²) in [5, 5.41) is 14.6. The first-order valence-electron chi connectivity index (χ1n) is 8.10. The number of aliphatic hydroxyl groups excluding tert-OH is 1. The Morgan fingerprint density at radius 1 is 1.37 bits per heavy atom. The Morgan fingerprint density at radius 3 is 2.56 bits per heavy atom. The Balaban J connectivity index is 2.21. The number of nitrogens with zero attached hydrogens (tertiary/aromatic N) is 1. The zero-order chi connectivity index (χ0) is 20.2. The minimum absolute atomic E-state index is 0.141. The Hall–Kier alpha value is -2.01. The van der Waals surface area contributed by atoms with Gasteiger partial charge in [0.05, 0.1) is 24.0 Å². The summed E-state index contributed by atoms with van der Waals surface area (Å²) in [5.74, 6) is -0.141. The summed E-state index contributed by atoms with van der Waals surface area (Å²) in [4.78, 5) is 16.8. The van der Waals surface area contributed by atoms with Crippen molar-refractivity contribution in [3.05, 3.63) is 45.9 Å². The Labute approximate surface area is 162 Å². The van der Waals surface area contributed by atoms with Gasteiger partial charge in [-0.2, -0.15) is 8.42 Å². The molecule has 0 aliphatic heterocycles. The van der Waals surface area contributed by atoms with Gasteiger partial charge >= 0.3 is 10.3 Å². The first kappa shape index (κ1) is 21.3. The molecule has 1 aromatic carbocycles. The van der Waals surface area contributed by atoms with Crippen molar-refractivity contribution in [3.63, 3.8) is 0 Å². The second kappa shape index (κ2) is 8.34. The van der Waals surface area contributed by atoms with Gasteiger partial charge in [0.2, 0.25) is 5.91 Å². The number of carbonyl (C=O) groups excluding carboxylic acids is 1. The molecule has 1 amide bonds. The molecule has 1 atom stereocenters. The van der Waals surface area contributed by atoms with E-state index in [0.717, 1.165) is 5.56 Å². The third-order valence-corrected chi connectivity index (χ3v) is 5.07. The minimum Gasteiger partial charge on any atom is -0.390 e. The molecular formula is C17H22N3O5S2. The Bertz CT molecular complexity index is 886. The lowest BCUT2D eigenvalue weighted by Gasteiger charge is -2.23. The van der Waals surface area contributed by atoms with Crippen LogP contribution in [0.15, 0.2) is 23.6 Å². The van der Waals surface area contributed by atoms with Crippen molar-refractivity contribution in [2.24, 2.45) is 5.41 Å². The maximum absolute atomic E-state index is 12.4. The quantitative estimate of drug-likeness (QED) is 0.516. The van der Waals surface area contributed by atoms with Crippen LogP contribution in [-0.2, 0) is 28.1 Å². The normalized spacial score (nSPS) is 13.2. The van der Waals surface area contributed by atoms with Crippen LogP contribution < -0.4 is 10.0 Å². The van der Waals surface area contributed by atoms with Crippen LogP contribution in [0.2, 0.25) is 0 Å². The largest absolute Gasteiger partial charge is 0.390 e. The first-order valence-corrected chi connectivity index (χ1v) is 10.4. The molecule has 0 spiro atoms. The molecular weight excluding hydrogens is 390 g/mol. The van der Waals surface area contributed by atoms with Crippen LogP contribution in [0.1, 0.15) is 43.1 Å². The van der Waals surface area contributed by atoms with Crippen molar-refractivity contribution in [1.29, 1.82) is 0 Å². The van der Waals surface area contributed by atoms with Gasteiger partial charge in [-0.3, -0.25) is 14.1 Å². The zero-order valence-electron chi connectivity index (χ0n) is 15.2. The summed E-state index contributed by atoms with van der Waals surface area (Å²) < 4.78 is 32.5. The molecule has 0 saturated heterocycles. The average molecular weight is 413 g/mol. The molecule has 0 bridgehead atoms. The topological polar surface area (TPSA) is 129 Å². The fourth-order valence-corrected chi connectivity index (χ4v) is 3.43. The lowest BCUT2D eigenvalue weighted by molar-refractivity contribution is -0.129. The lowest BCUT2D eigenvalue weighted by Crippen LogP contribution is -2.38. The maximum Gasteiger partial charge on any atom is 0.357 e. The molecule has 8 nitrogen and oxygen atoms in total. The summed E-state index contributed by atoms with van der Waals surface area (Å²) in [5.41, 5.74) is 0.841. The van der Waals surface area contributed by atoms with Crippen molar-refractivity contribution in [2.75, 3.05) is 4.72 Å². The van der Waals surface area contributed by atoms with Crippen LogP contribution >= 0.6 is 11.3 Å². The van der Waals surface area contributed by atoms with Crippen molar-refractivity contribution >= 4 is 33.2 Å². The van der Waals surface area contributed by atoms with Gasteiger partial charge in [0.25, 0.3) is 0 Å². The van der Waals surface area contributed by atoms with Crippen LogP contribution in [0, 0.1) is 11.5 Å². The number of anilines is 1. The predicted octanol–water partition coefficient (Wildman–Crippen LogP) is 2.10. The standard InChI is InChI=1S/C17H22N3O5S2/c1-17(2,3)16(22)19-14(15-18-13(9-21)10-26-15)8-11-4-6-12(7-5-11)20-27(23,24)25/h4,6-7,10,14,20-21H,8-9H2,1-3H3,(H,19,22)(H,23,24,25). The number of nitrogens with one attached hydrogen (secondary N) is 2. The van der Waals surface area contributed by atoms with Crippen molar-refractivity contribution in [2.45, 2.75) is 39.8 Å². The summed E-state index contributed by atoms with van der Waals surface area (Å²) in [6.45, 7) is 5.24. The van der Waals surface area contributed by atoms with Gasteiger partial charge < -0.3 is 10.4 Å². The van der Waals surface area contributed by atoms with E-state index < -0.39 is 21.8 Å². The van der Waals surface area contributed by atoms with Gasteiger partial charge in [-0.05, 0) is 30.2 Å². The number of hydrogen-bond acceptors (Lipinski definition) is 6. The van der Waals surface area contributed by atoms with Gasteiger partial charge in [0, 0.05) is 10.8 Å². The number of aliphatic hydroxyl groups is 1. The van der Waals surface area contributed by atoms with Crippen LogP contribution in [0.5, 0.6) is 0 Å². The number of carbonyl (C=O) groups is 1. The van der Waals surface area contributed by atoms with Gasteiger partial charge in [-0.25, -0.2) is 4.98 Å². The highest BCUT2D eigenvalue weighted by atomic mass is 32.2. The SMILES string of the molecule is CC(C)(C)C(=O)NC(Cc1[c]cc(NS(=O)(=O)O)cc1)c1nc(CO)cs1. The lowest BCUT2D eigenvalue weighted by atomic mass is 9.94. The van der Waals surface area contributed by atoms with Crippen molar-refractivity contribution in [3.8, 4) is 0 Å². The van der Waals surface area contributed by atoms with E-state index in [1.807, 2.05) is 25.5 Å². The van der Waals surface area contributed by atoms with E-state index in [0.29, 0.717) is 17.1 Å². The first-order chi connectivity index (χ1) is 12.5.